The maximum Gasteiger partial charge on any atom is 0.251 e. The minimum Gasteiger partial charge on any atom is -0.391 e. The van der Waals surface area contributed by atoms with Gasteiger partial charge in [-0.05, 0) is 43.4 Å². The number of hydrogen-bond donors (Lipinski definition) is 2. The number of rotatable bonds is 3. The Morgan fingerprint density at radius 1 is 1.33 bits per heavy atom. The SMILES string of the molecule is Cc1c(N2CC[C@H](O)C2)c(F)cc2c(CN)cc(=O)n(C3CC3)c12. The van der Waals surface area contributed by atoms with E-state index in [9.17, 15) is 14.3 Å². The van der Waals surface area contributed by atoms with E-state index in [0.29, 0.717) is 30.8 Å². The first-order valence-electron chi connectivity index (χ1n) is 8.51. The van der Waals surface area contributed by atoms with E-state index >= 15 is 0 Å². The van der Waals surface area contributed by atoms with E-state index in [2.05, 4.69) is 0 Å². The summed E-state index contributed by atoms with van der Waals surface area (Å²) in [4.78, 5) is 14.5. The molecule has 0 spiro atoms. The summed E-state index contributed by atoms with van der Waals surface area (Å²) in [7, 11) is 0. The van der Waals surface area contributed by atoms with Crippen molar-refractivity contribution in [1.29, 1.82) is 0 Å². The van der Waals surface area contributed by atoms with Crippen LogP contribution in [0.25, 0.3) is 10.9 Å². The first-order chi connectivity index (χ1) is 11.5. The monoisotopic (exact) mass is 331 g/mol. The van der Waals surface area contributed by atoms with Crippen LogP contribution in [0.1, 0.15) is 36.4 Å². The summed E-state index contributed by atoms with van der Waals surface area (Å²) in [6.45, 7) is 3.12. The molecule has 1 aromatic heterocycles. The van der Waals surface area contributed by atoms with Crippen molar-refractivity contribution < 1.29 is 9.50 Å². The molecule has 2 fully saturated rings. The first kappa shape index (κ1) is 15.6. The minimum absolute atomic E-state index is 0.0624. The van der Waals surface area contributed by atoms with Crippen LogP contribution in [0.3, 0.4) is 0 Å². The van der Waals surface area contributed by atoms with Crippen molar-refractivity contribution in [2.45, 2.75) is 44.9 Å². The third-order valence-corrected chi connectivity index (χ3v) is 5.20. The summed E-state index contributed by atoms with van der Waals surface area (Å²) in [5, 5.41) is 10.5. The molecule has 4 rings (SSSR count). The lowest BCUT2D eigenvalue weighted by Crippen LogP contribution is -2.26. The highest BCUT2D eigenvalue weighted by atomic mass is 19.1. The van der Waals surface area contributed by atoms with Gasteiger partial charge in [-0.25, -0.2) is 4.39 Å². The molecular formula is C18H22FN3O2. The Morgan fingerprint density at radius 3 is 2.67 bits per heavy atom. The minimum atomic E-state index is -0.430. The number of aliphatic hydroxyl groups excluding tert-OH is 1. The van der Waals surface area contributed by atoms with E-state index < -0.39 is 6.10 Å². The summed E-state index contributed by atoms with van der Waals surface area (Å²) >= 11 is 0. The highest BCUT2D eigenvalue weighted by Gasteiger charge is 2.30. The van der Waals surface area contributed by atoms with Gasteiger partial charge in [-0.3, -0.25) is 4.79 Å². The Hall–Kier alpha value is -1.92. The van der Waals surface area contributed by atoms with Crippen LogP contribution in [0.5, 0.6) is 0 Å². The molecule has 0 unspecified atom stereocenters. The average molecular weight is 331 g/mol. The number of β-amino-alcohol motifs (C(OH)–C–C–N with tert-alkyl or cyclic N) is 1. The number of anilines is 1. The topological polar surface area (TPSA) is 71.5 Å². The zero-order valence-electron chi connectivity index (χ0n) is 13.8. The lowest BCUT2D eigenvalue weighted by molar-refractivity contribution is 0.198. The van der Waals surface area contributed by atoms with Crippen LogP contribution in [0, 0.1) is 12.7 Å². The lowest BCUT2D eigenvalue weighted by atomic mass is 10.0. The van der Waals surface area contributed by atoms with Gasteiger partial charge < -0.3 is 20.3 Å². The molecule has 2 aromatic rings. The van der Waals surface area contributed by atoms with Crippen LogP contribution in [-0.4, -0.2) is 28.9 Å². The number of aryl methyl sites for hydroxylation is 1. The Labute approximate surface area is 139 Å². The molecule has 1 aliphatic carbocycles. The second kappa shape index (κ2) is 5.57. The molecule has 6 heteroatoms. The van der Waals surface area contributed by atoms with E-state index in [4.69, 9.17) is 5.73 Å². The van der Waals surface area contributed by atoms with Crippen molar-refractivity contribution in [1.82, 2.24) is 4.57 Å². The summed E-state index contributed by atoms with van der Waals surface area (Å²) in [6.07, 6.45) is 2.16. The van der Waals surface area contributed by atoms with Gasteiger partial charge in [0.15, 0.2) is 0 Å². The fourth-order valence-electron chi connectivity index (χ4n) is 3.92. The second-order valence-corrected chi connectivity index (χ2v) is 6.93. The number of aliphatic hydroxyl groups is 1. The highest BCUT2D eigenvalue weighted by molar-refractivity contribution is 5.90. The number of fused-ring (bicyclic) bond motifs is 1. The van der Waals surface area contributed by atoms with Crippen molar-refractivity contribution in [3.8, 4) is 0 Å². The van der Waals surface area contributed by atoms with Gasteiger partial charge in [-0.1, -0.05) is 0 Å². The van der Waals surface area contributed by atoms with Crippen LogP contribution in [0.15, 0.2) is 16.9 Å². The van der Waals surface area contributed by atoms with Crippen molar-refractivity contribution in [3.05, 3.63) is 39.4 Å². The van der Waals surface area contributed by atoms with Crippen LogP contribution in [0.4, 0.5) is 10.1 Å². The number of pyridine rings is 1. The van der Waals surface area contributed by atoms with Gasteiger partial charge in [0.25, 0.3) is 5.56 Å². The standard InChI is InChI=1S/C18H22FN3O2/c1-10-17-14(7-15(19)18(10)21-5-4-13(23)9-21)11(8-20)6-16(24)22(17)12-2-3-12/h6-7,12-13,23H,2-5,8-9,20H2,1H3/t13-/m0/s1. The quantitative estimate of drug-likeness (QED) is 0.900. The molecule has 0 bridgehead atoms. The molecule has 3 N–H and O–H groups in total. The fraction of sp³-hybridized carbons (Fsp3) is 0.500. The second-order valence-electron chi connectivity index (χ2n) is 6.93. The Bertz CT molecular complexity index is 873. The molecule has 128 valence electrons. The lowest BCUT2D eigenvalue weighted by Gasteiger charge is -2.24. The normalized spacial score (nSPS) is 21.0. The van der Waals surface area contributed by atoms with E-state index in [0.717, 1.165) is 29.3 Å². The molecular weight excluding hydrogens is 309 g/mol. The van der Waals surface area contributed by atoms with Gasteiger partial charge >= 0.3 is 0 Å². The van der Waals surface area contributed by atoms with Crippen LogP contribution in [0.2, 0.25) is 0 Å². The maximum atomic E-state index is 14.9. The summed E-state index contributed by atoms with van der Waals surface area (Å²) in [5.74, 6) is -0.315. The zero-order chi connectivity index (χ0) is 17.0. The molecule has 0 radical (unpaired) electrons. The Balaban J connectivity index is 2.03. The summed E-state index contributed by atoms with van der Waals surface area (Å²) in [5.41, 5.74) is 8.47. The Kier molecular flexibility index (Phi) is 3.62. The predicted molar refractivity (Wildman–Crippen MR) is 91.9 cm³/mol. The predicted octanol–water partition coefficient (Wildman–Crippen LogP) is 1.81. The number of nitrogens with two attached hydrogens (primary N) is 1. The first-order valence-corrected chi connectivity index (χ1v) is 8.51. The number of nitrogens with zero attached hydrogens (tertiary/aromatic N) is 2. The van der Waals surface area contributed by atoms with Crippen molar-refractivity contribution in [3.63, 3.8) is 0 Å². The van der Waals surface area contributed by atoms with Crippen molar-refractivity contribution in [2.24, 2.45) is 5.73 Å². The molecule has 1 atom stereocenters. The zero-order valence-corrected chi connectivity index (χ0v) is 13.8. The van der Waals surface area contributed by atoms with E-state index in [1.807, 2.05) is 11.8 Å². The molecule has 1 aliphatic heterocycles. The fourth-order valence-corrected chi connectivity index (χ4v) is 3.92. The van der Waals surface area contributed by atoms with Gasteiger partial charge in [0.05, 0.1) is 17.3 Å². The number of benzene rings is 1. The highest BCUT2D eigenvalue weighted by Crippen LogP contribution is 2.40. The van der Waals surface area contributed by atoms with Crippen molar-refractivity contribution >= 4 is 16.6 Å². The van der Waals surface area contributed by atoms with Gasteiger partial charge in [0.2, 0.25) is 0 Å². The van der Waals surface area contributed by atoms with Gasteiger partial charge in [-0.15, -0.1) is 0 Å². The molecule has 5 nitrogen and oxygen atoms in total. The summed E-state index contributed by atoms with van der Waals surface area (Å²) in [6, 6.07) is 3.25. The third-order valence-electron chi connectivity index (χ3n) is 5.20. The Morgan fingerprint density at radius 2 is 2.08 bits per heavy atom. The molecule has 1 saturated heterocycles. The molecule has 2 aliphatic rings. The molecule has 2 heterocycles. The smallest absolute Gasteiger partial charge is 0.251 e. The van der Waals surface area contributed by atoms with Gasteiger partial charge in [-0.2, -0.15) is 0 Å². The van der Waals surface area contributed by atoms with Crippen molar-refractivity contribution in [2.75, 3.05) is 18.0 Å². The summed E-state index contributed by atoms with van der Waals surface area (Å²) < 4.78 is 16.7. The van der Waals surface area contributed by atoms with Crippen LogP contribution < -0.4 is 16.2 Å². The van der Waals surface area contributed by atoms with E-state index in [1.165, 1.54) is 6.07 Å². The third kappa shape index (κ3) is 2.32. The molecule has 0 amide bonds. The average Bonchev–Trinajstić information content (AvgIpc) is 3.29. The maximum absolute atomic E-state index is 14.9. The largest absolute Gasteiger partial charge is 0.391 e. The van der Waals surface area contributed by atoms with Gasteiger partial charge in [0.1, 0.15) is 5.82 Å². The van der Waals surface area contributed by atoms with E-state index in [-0.39, 0.29) is 24.0 Å². The molecule has 1 aromatic carbocycles. The van der Waals surface area contributed by atoms with E-state index in [1.54, 1.807) is 10.6 Å². The number of hydrogen-bond acceptors (Lipinski definition) is 4. The molecule has 24 heavy (non-hydrogen) atoms. The number of halogens is 1. The number of aromatic nitrogens is 1. The van der Waals surface area contributed by atoms with Gasteiger partial charge in [0, 0.05) is 37.1 Å². The molecule has 1 saturated carbocycles. The van der Waals surface area contributed by atoms with Crippen LogP contribution >= 0.6 is 0 Å². The van der Waals surface area contributed by atoms with Crippen LogP contribution in [-0.2, 0) is 6.54 Å².